The third-order valence-corrected chi connectivity index (χ3v) is 4.12. The molecule has 1 aromatic rings. The van der Waals surface area contributed by atoms with Crippen LogP contribution >= 0.6 is 0 Å². The van der Waals surface area contributed by atoms with Crippen molar-refractivity contribution in [2.24, 2.45) is 5.73 Å². The molecule has 5 nitrogen and oxygen atoms in total. The molecule has 0 amide bonds. The molecule has 2 unspecified atom stereocenters. The summed E-state index contributed by atoms with van der Waals surface area (Å²) in [5, 5.41) is 3.40. The Hall–Kier alpha value is -1.59. The van der Waals surface area contributed by atoms with Gasteiger partial charge in [0.2, 0.25) is 0 Å². The molecule has 0 saturated carbocycles. The second-order valence-corrected chi connectivity index (χ2v) is 5.44. The average molecular weight is 275 g/mol. The molecule has 2 atom stereocenters. The van der Waals surface area contributed by atoms with E-state index in [0.717, 1.165) is 36.3 Å². The van der Waals surface area contributed by atoms with Crippen molar-refractivity contribution >= 4 is 11.8 Å². The summed E-state index contributed by atoms with van der Waals surface area (Å²) in [5.74, 6) is 0.206. The number of pyridine rings is 1. The highest BCUT2D eigenvalue weighted by atomic mass is 16.5. The Kier molecular flexibility index (Phi) is 3.63. The monoisotopic (exact) mass is 275 g/mol. The molecule has 0 fully saturated rings. The highest BCUT2D eigenvalue weighted by molar-refractivity contribution is 5.69. The van der Waals surface area contributed by atoms with E-state index in [0.29, 0.717) is 13.2 Å². The largest absolute Gasteiger partial charge is 0.384 e. The van der Waals surface area contributed by atoms with Gasteiger partial charge >= 0.3 is 0 Å². The summed E-state index contributed by atoms with van der Waals surface area (Å²) in [7, 11) is 0. The lowest BCUT2D eigenvalue weighted by Crippen LogP contribution is -2.30. The lowest BCUT2D eigenvalue weighted by Gasteiger charge is -2.31. The number of hydrogen-bond acceptors (Lipinski definition) is 4. The summed E-state index contributed by atoms with van der Waals surface area (Å²) in [4.78, 5) is 15.1. The Morgan fingerprint density at radius 2 is 2.35 bits per heavy atom. The van der Waals surface area contributed by atoms with E-state index >= 15 is 0 Å². The molecule has 0 aromatic carbocycles. The number of ether oxygens (including phenoxy) is 1. The van der Waals surface area contributed by atoms with Crippen molar-refractivity contribution in [2.75, 3.05) is 25.0 Å². The number of aromatic nitrogens is 1. The molecule has 0 spiro atoms. The summed E-state index contributed by atoms with van der Waals surface area (Å²) in [6, 6.07) is 0. The second kappa shape index (κ2) is 5.42. The molecule has 0 radical (unpaired) electrons. The topological polar surface area (TPSA) is 80.1 Å². The Morgan fingerprint density at radius 3 is 3.15 bits per heavy atom. The van der Waals surface area contributed by atoms with Crippen LogP contribution in [-0.4, -0.2) is 30.8 Å². The molecular formula is C15H21N3O2. The minimum Gasteiger partial charge on any atom is -0.384 e. The third kappa shape index (κ3) is 2.17. The SMILES string of the molecule is CC1c2c([nH]c(=O)c3c2NCCC3)C=CC1OCCN. The van der Waals surface area contributed by atoms with E-state index in [1.807, 2.05) is 12.2 Å². The molecule has 1 aromatic heterocycles. The zero-order valence-corrected chi connectivity index (χ0v) is 11.7. The van der Waals surface area contributed by atoms with Crippen molar-refractivity contribution in [3.8, 4) is 0 Å². The fourth-order valence-electron chi connectivity index (χ4n) is 3.13. The van der Waals surface area contributed by atoms with Gasteiger partial charge in [0.05, 0.1) is 12.7 Å². The zero-order chi connectivity index (χ0) is 14.1. The van der Waals surface area contributed by atoms with Gasteiger partial charge in [-0.25, -0.2) is 0 Å². The predicted octanol–water partition coefficient (Wildman–Crippen LogP) is 1.21. The van der Waals surface area contributed by atoms with Crippen LogP contribution in [0.3, 0.4) is 0 Å². The van der Waals surface area contributed by atoms with Crippen LogP contribution in [-0.2, 0) is 11.2 Å². The number of anilines is 1. The van der Waals surface area contributed by atoms with Gasteiger partial charge in [-0.1, -0.05) is 13.0 Å². The van der Waals surface area contributed by atoms with Crippen LogP contribution in [0, 0.1) is 0 Å². The quantitative estimate of drug-likeness (QED) is 0.774. The van der Waals surface area contributed by atoms with E-state index in [9.17, 15) is 4.79 Å². The molecule has 0 bridgehead atoms. The third-order valence-electron chi connectivity index (χ3n) is 4.12. The number of nitrogens with two attached hydrogens (primary N) is 1. The molecule has 108 valence electrons. The van der Waals surface area contributed by atoms with Crippen molar-refractivity contribution < 1.29 is 4.74 Å². The first-order valence-electron chi connectivity index (χ1n) is 7.25. The number of aromatic amines is 1. The minimum atomic E-state index is 0.0183. The van der Waals surface area contributed by atoms with Crippen LogP contribution < -0.4 is 16.6 Å². The highest BCUT2D eigenvalue weighted by Gasteiger charge is 2.29. The van der Waals surface area contributed by atoms with E-state index in [2.05, 4.69) is 17.2 Å². The van der Waals surface area contributed by atoms with Crippen molar-refractivity contribution in [1.82, 2.24) is 4.98 Å². The van der Waals surface area contributed by atoms with Crippen LogP contribution in [0.5, 0.6) is 0 Å². The van der Waals surface area contributed by atoms with Crippen LogP contribution in [0.15, 0.2) is 10.9 Å². The van der Waals surface area contributed by atoms with Crippen molar-refractivity contribution in [3.05, 3.63) is 33.3 Å². The van der Waals surface area contributed by atoms with Gasteiger partial charge < -0.3 is 20.8 Å². The first kappa shape index (κ1) is 13.4. The summed E-state index contributed by atoms with van der Waals surface area (Å²) in [6.07, 6.45) is 5.83. The maximum absolute atomic E-state index is 12.1. The van der Waals surface area contributed by atoms with Crippen molar-refractivity contribution in [3.63, 3.8) is 0 Å². The van der Waals surface area contributed by atoms with Gasteiger partial charge in [0.25, 0.3) is 5.56 Å². The Morgan fingerprint density at radius 1 is 1.50 bits per heavy atom. The normalized spacial score (nSPS) is 23.9. The van der Waals surface area contributed by atoms with E-state index < -0.39 is 0 Å². The van der Waals surface area contributed by atoms with Crippen molar-refractivity contribution in [2.45, 2.75) is 31.8 Å². The second-order valence-electron chi connectivity index (χ2n) is 5.44. The maximum atomic E-state index is 12.1. The standard InChI is InChI=1S/C15H21N3O2/c1-9-12(20-8-6-16)5-4-11-13(9)14-10(15(19)18-11)3-2-7-17-14/h4-5,9,12,17H,2-3,6-8,16H2,1H3,(H,18,19). The molecule has 1 aliphatic heterocycles. The fourth-order valence-corrected chi connectivity index (χ4v) is 3.13. The Labute approximate surface area is 118 Å². The van der Waals surface area contributed by atoms with Crippen LogP contribution in [0.25, 0.3) is 6.08 Å². The average Bonchev–Trinajstić information content (AvgIpc) is 2.47. The number of hydrogen-bond donors (Lipinski definition) is 3. The lowest BCUT2D eigenvalue weighted by molar-refractivity contribution is 0.0755. The summed E-state index contributed by atoms with van der Waals surface area (Å²) in [6.45, 7) is 4.13. The molecule has 2 aliphatic rings. The van der Waals surface area contributed by atoms with Gasteiger partial charge in [0, 0.05) is 41.5 Å². The van der Waals surface area contributed by atoms with E-state index in [4.69, 9.17) is 10.5 Å². The molecule has 20 heavy (non-hydrogen) atoms. The zero-order valence-electron chi connectivity index (χ0n) is 11.7. The van der Waals surface area contributed by atoms with E-state index in [1.54, 1.807) is 0 Å². The van der Waals surface area contributed by atoms with Crippen LogP contribution in [0.1, 0.15) is 36.1 Å². The first-order valence-corrected chi connectivity index (χ1v) is 7.25. The van der Waals surface area contributed by atoms with E-state index in [-0.39, 0.29) is 17.6 Å². The van der Waals surface area contributed by atoms with E-state index in [1.165, 1.54) is 5.56 Å². The Balaban J connectivity index is 2.04. The van der Waals surface area contributed by atoms with Crippen LogP contribution in [0.4, 0.5) is 5.69 Å². The van der Waals surface area contributed by atoms with Crippen LogP contribution in [0.2, 0.25) is 0 Å². The predicted molar refractivity (Wildman–Crippen MR) is 80.1 cm³/mol. The molecule has 4 N–H and O–H groups in total. The molecule has 5 heteroatoms. The molecule has 3 rings (SSSR count). The van der Waals surface area contributed by atoms with Gasteiger partial charge in [-0.05, 0) is 18.9 Å². The smallest absolute Gasteiger partial charge is 0.253 e. The number of nitrogens with one attached hydrogen (secondary N) is 2. The Bertz CT molecular complexity index is 592. The van der Waals surface area contributed by atoms with Crippen molar-refractivity contribution in [1.29, 1.82) is 0 Å². The molecule has 2 heterocycles. The highest BCUT2D eigenvalue weighted by Crippen LogP contribution is 2.37. The molecule has 0 saturated heterocycles. The molecular weight excluding hydrogens is 254 g/mol. The molecule has 1 aliphatic carbocycles. The summed E-state index contributed by atoms with van der Waals surface area (Å²) < 4.78 is 5.79. The van der Waals surface area contributed by atoms with Gasteiger partial charge in [0.1, 0.15) is 0 Å². The maximum Gasteiger partial charge on any atom is 0.253 e. The summed E-state index contributed by atoms with van der Waals surface area (Å²) in [5.41, 5.74) is 9.52. The number of fused-ring (bicyclic) bond motifs is 3. The first-order chi connectivity index (χ1) is 9.72. The van der Waals surface area contributed by atoms with Gasteiger partial charge in [0.15, 0.2) is 0 Å². The van der Waals surface area contributed by atoms with Gasteiger partial charge in [-0.15, -0.1) is 0 Å². The fraction of sp³-hybridized carbons (Fsp3) is 0.533. The van der Waals surface area contributed by atoms with Gasteiger partial charge in [-0.2, -0.15) is 0 Å². The van der Waals surface area contributed by atoms with Gasteiger partial charge in [-0.3, -0.25) is 4.79 Å². The summed E-state index contributed by atoms with van der Waals surface area (Å²) >= 11 is 0. The number of H-pyrrole nitrogens is 1. The minimum absolute atomic E-state index is 0.0183. The lowest BCUT2D eigenvalue weighted by atomic mass is 9.85. The number of rotatable bonds is 3.